The van der Waals surface area contributed by atoms with Gasteiger partial charge in [0.05, 0.1) is 29.1 Å². The van der Waals surface area contributed by atoms with Gasteiger partial charge in [-0.2, -0.15) is 5.10 Å². The number of H-pyrrole nitrogens is 1. The smallest absolute Gasteiger partial charge is 0.293 e. The third-order valence-electron chi connectivity index (χ3n) is 5.51. The van der Waals surface area contributed by atoms with Crippen molar-refractivity contribution in [3.05, 3.63) is 59.3 Å². The van der Waals surface area contributed by atoms with Gasteiger partial charge in [-0.15, -0.1) is 0 Å². The first kappa shape index (κ1) is 19.3. The second-order valence-electron chi connectivity index (χ2n) is 7.60. The molecule has 1 aliphatic rings. The molecule has 4 aromatic rings. The molecule has 158 valence electrons. The van der Waals surface area contributed by atoms with Gasteiger partial charge < -0.3 is 19.9 Å². The molecule has 1 fully saturated rings. The van der Waals surface area contributed by atoms with Crippen molar-refractivity contribution in [2.24, 2.45) is 7.05 Å². The minimum atomic E-state index is -0.207. The number of anilines is 3. The van der Waals surface area contributed by atoms with Crippen molar-refractivity contribution >= 4 is 28.4 Å². The summed E-state index contributed by atoms with van der Waals surface area (Å²) in [5.74, 6) is 1.07. The second kappa shape index (κ2) is 8.19. The summed E-state index contributed by atoms with van der Waals surface area (Å²) in [4.78, 5) is 21.9. The molecular formula is C22H23N7O2. The van der Waals surface area contributed by atoms with Crippen molar-refractivity contribution in [3.8, 4) is 11.1 Å². The Kier molecular flexibility index (Phi) is 5.09. The molecule has 0 unspecified atom stereocenters. The van der Waals surface area contributed by atoms with E-state index in [1.807, 2.05) is 36.5 Å². The van der Waals surface area contributed by atoms with Gasteiger partial charge in [0.2, 0.25) is 0 Å². The van der Waals surface area contributed by atoms with Crippen LogP contribution in [0.3, 0.4) is 0 Å². The van der Waals surface area contributed by atoms with E-state index in [4.69, 9.17) is 4.74 Å². The van der Waals surface area contributed by atoms with E-state index in [1.165, 1.54) is 0 Å². The minimum Gasteiger partial charge on any atom is -0.381 e. The van der Waals surface area contributed by atoms with E-state index in [1.54, 1.807) is 24.0 Å². The Bertz CT molecular complexity index is 1240. The van der Waals surface area contributed by atoms with E-state index in [-0.39, 0.29) is 11.4 Å². The molecule has 5 rings (SSSR count). The van der Waals surface area contributed by atoms with Crippen molar-refractivity contribution in [3.63, 3.8) is 0 Å². The van der Waals surface area contributed by atoms with Gasteiger partial charge in [0.1, 0.15) is 5.82 Å². The molecule has 9 nitrogen and oxygen atoms in total. The fourth-order valence-corrected chi connectivity index (χ4v) is 3.73. The fraction of sp³-hybridized carbons (Fsp3) is 0.273. The van der Waals surface area contributed by atoms with Gasteiger partial charge in [0.25, 0.3) is 5.56 Å². The minimum absolute atomic E-state index is 0.207. The zero-order valence-electron chi connectivity index (χ0n) is 17.1. The molecule has 0 amide bonds. The van der Waals surface area contributed by atoms with E-state index >= 15 is 0 Å². The summed E-state index contributed by atoms with van der Waals surface area (Å²) in [5.41, 5.74) is 3.90. The maximum atomic E-state index is 12.9. The average molecular weight is 417 g/mol. The molecule has 3 aromatic heterocycles. The van der Waals surface area contributed by atoms with Crippen LogP contribution in [-0.4, -0.2) is 44.0 Å². The molecule has 0 aliphatic carbocycles. The number of ether oxygens (including phenoxy) is 1. The third kappa shape index (κ3) is 3.99. The molecule has 31 heavy (non-hydrogen) atoms. The van der Waals surface area contributed by atoms with Crippen molar-refractivity contribution in [1.82, 2.24) is 24.7 Å². The second-order valence-corrected chi connectivity index (χ2v) is 7.60. The van der Waals surface area contributed by atoms with Crippen molar-refractivity contribution in [2.45, 2.75) is 18.9 Å². The highest BCUT2D eigenvalue weighted by atomic mass is 16.5. The third-order valence-corrected chi connectivity index (χ3v) is 5.51. The Hall–Kier alpha value is -3.72. The van der Waals surface area contributed by atoms with Crippen LogP contribution < -0.4 is 16.2 Å². The SMILES string of the molecule is Cn1c(=O)c(Nc2ccc(NC3CCOCC3)nc2)nc2ccc(-c3cn[nH]c3)cc21. The first-order valence-electron chi connectivity index (χ1n) is 10.2. The largest absolute Gasteiger partial charge is 0.381 e. The van der Waals surface area contributed by atoms with Gasteiger partial charge in [-0.25, -0.2) is 9.97 Å². The Morgan fingerprint density at radius 3 is 2.74 bits per heavy atom. The quantitative estimate of drug-likeness (QED) is 0.458. The van der Waals surface area contributed by atoms with Crippen LogP contribution in [0, 0.1) is 0 Å². The summed E-state index contributed by atoms with van der Waals surface area (Å²) < 4.78 is 6.99. The lowest BCUT2D eigenvalue weighted by atomic mass is 10.1. The van der Waals surface area contributed by atoms with E-state index in [0.717, 1.165) is 54.0 Å². The van der Waals surface area contributed by atoms with Crippen LogP contribution in [0.1, 0.15) is 12.8 Å². The van der Waals surface area contributed by atoms with Crippen molar-refractivity contribution < 1.29 is 4.74 Å². The van der Waals surface area contributed by atoms with Crippen LogP contribution in [-0.2, 0) is 11.8 Å². The van der Waals surface area contributed by atoms with E-state index in [0.29, 0.717) is 11.7 Å². The molecule has 4 heterocycles. The van der Waals surface area contributed by atoms with Crippen LogP contribution in [0.4, 0.5) is 17.3 Å². The van der Waals surface area contributed by atoms with Gasteiger partial charge in [-0.05, 0) is 42.7 Å². The van der Waals surface area contributed by atoms with Crippen molar-refractivity contribution in [1.29, 1.82) is 0 Å². The zero-order chi connectivity index (χ0) is 21.2. The van der Waals surface area contributed by atoms with E-state index in [9.17, 15) is 4.79 Å². The van der Waals surface area contributed by atoms with Crippen LogP contribution in [0.15, 0.2) is 53.7 Å². The topological polar surface area (TPSA) is 110 Å². The highest BCUT2D eigenvalue weighted by Crippen LogP contribution is 2.23. The van der Waals surface area contributed by atoms with Gasteiger partial charge in [-0.1, -0.05) is 6.07 Å². The summed E-state index contributed by atoms with van der Waals surface area (Å²) in [7, 11) is 1.75. The molecule has 0 atom stereocenters. The predicted octanol–water partition coefficient (Wildman–Crippen LogP) is 3.05. The molecule has 0 saturated carbocycles. The van der Waals surface area contributed by atoms with Gasteiger partial charge in [-0.3, -0.25) is 9.89 Å². The summed E-state index contributed by atoms with van der Waals surface area (Å²) >= 11 is 0. The summed E-state index contributed by atoms with van der Waals surface area (Å²) in [6.45, 7) is 1.55. The Balaban J connectivity index is 1.38. The normalized spacial score (nSPS) is 14.6. The number of aromatic nitrogens is 5. The molecule has 0 spiro atoms. The van der Waals surface area contributed by atoms with Crippen LogP contribution in [0.5, 0.6) is 0 Å². The molecule has 3 N–H and O–H groups in total. The van der Waals surface area contributed by atoms with Crippen molar-refractivity contribution in [2.75, 3.05) is 23.8 Å². The summed E-state index contributed by atoms with van der Waals surface area (Å²) in [6, 6.07) is 9.98. The summed E-state index contributed by atoms with van der Waals surface area (Å²) in [6.07, 6.45) is 7.21. The maximum absolute atomic E-state index is 12.9. The van der Waals surface area contributed by atoms with E-state index in [2.05, 4.69) is 30.8 Å². The lowest BCUT2D eigenvalue weighted by molar-refractivity contribution is 0.0904. The number of hydrogen-bond donors (Lipinski definition) is 3. The molecule has 0 radical (unpaired) electrons. The first-order valence-corrected chi connectivity index (χ1v) is 10.2. The molecule has 1 aromatic carbocycles. The highest BCUT2D eigenvalue weighted by molar-refractivity contribution is 5.82. The van der Waals surface area contributed by atoms with Crippen LogP contribution in [0.2, 0.25) is 0 Å². The molecule has 1 saturated heterocycles. The molecule has 0 bridgehead atoms. The zero-order valence-corrected chi connectivity index (χ0v) is 17.1. The number of fused-ring (bicyclic) bond motifs is 1. The average Bonchev–Trinajstić information content (AvgIpc) is 3.34. The lowest BCUT2D eigenvalue weighted by Crippen LogP contribution is -2.28. The molecule has 9 heteroatoms. The maximum Gasteiger partial charge on any atom is 0.293 e. The lowest BCUT2D eigenvalue weighted by Gasteiger charge is -2.23. The van der Waals surface area contributed by atoms with Crippen LogP contribution >= 0.6 is 0 Å². The predicted molar refractivity (Wildman–Crippen MR) is 120 cm³/mol. The number of pyridine rings is 1. The summed E-state index contributed by atoms with van der Waals surface area (Å²) in [5, 5.41) is 13.3. The number of nitrogens with zero attached hydrogens (tertiary/aromatic N) is 4. The number of nitrogens with one attached hydrogen (secondary N) is 3. The number of aryl methyl sites for hydroxylation is 1. The molecular weight excluding hydrogens is 394 g/mol. The monoisotopic (exact) mass is 417 g/mol. The van der Waals surface area contributed by atoms with E-state index < -0.39 is 0 Å². The number of hydrogen-bond acceptors (Lipinski definition) is 7. The Morgan fingerprint density at radius 2 is 2.00 bits per heavy atom. The molecule has 1 aliphatic heterocycles. The van der Waals surface area contributed by atoms with Gasteiger partial charge in [0, 0.05) is 38.1 Å². The first-order chi connectivity index (χ1) is 15.2. The fourth-order valence-electron chi connectivity index (χ4n) is 3.73. The number of rotatable bonds is 5. The Labute approximate surface area is 178 Å². The van der Waals surface area contributed by atoms with Gasteiger partial charge >= 0.3 is 0 Å². The van der Waals surface area contributed by atoms with Gasteiger partial charge in [0.15, 0.2) is 5.82 Å². The van der Waals surface area contributed by atoms with Crippen LogP contribution in [0.25, 0.3) is 22.2 Å². The standard InChI is InChI=1S/C22H23N7O2/c1-29-19-10-14(15-11-24-25-12-15)2-4-18(19)28-21(22(29)30)27-17-3-5-20(23-13-17)26-16-6-8-31-9-7-16/h2-5,10-13,16H,6-9H2,1H3,(H,23,26)(H,24,25)(H,27,28). The Morgan fingerprint density at radius 1 is 1.13 bits per heavy atom. The highest BCUT2D eigenvalue weighted by Gasteiger charge is 2.14. The number of benzene rings is 1. The number of aromatic amines is 1.